The van der Waals surface area contributed by atoms with Gasteiger partial charge in [-0.25, -0.2) is 0 Å². The van der Waals surface area contributed by atoms with E-state index in [-0.39, 0.29) is 47.9 Å². The fourth-order valence-corrected chi connectivity index (χ4v) is 5.22. The van der Waals surface area contributed by atoms with E-state index in [2.05, 4.69) is 26.0 Å². The molecule has 0 aromatic carbocycles. The molecular weight excluding hydrogens is 292 g/mol. The van der Waals surface area contributed by atoms with Gasteiger partial charge in [0.25, 0.3) is 0 Å². The van der Waals surface area contributed by atoms with Crippen molar-refractivity contribution < 1.29 is 14.4 Å². The number of carbonyl (C=O) groups excluding carboxylic acids is 3. The summed E-state index contributed by atoms with van der Waals surface area (Å²) in [6.45, 7) is 5.70. The van der Waals surface area contributed by atoms with Crippen LogP contribution in [0.25, 0.3) is 0 Å². The molecule has 0 spiro atoms. The molecular formula is C18H24N2O3. The normalized spacial score (nSPS) is 41.8. The van der Waals surface area contributed by atoms with Crippen LogP contribution in [0.15, 0.2) is 12.2 Å². The van der Waals surface area contributed by atoms with Crippen LogP contribution in [0.5, 0.6) is 0 Å². The van der Waals surface area contributed by atoms with Gasteiger partial charge in [0.05, 0.1) is 11.8 Å². The summed E-state index contributed by atoms with van der Waals surface area (Å²) in [6, 6.07) is 0. The smallest absolute Gasteiger partial charge is 0.242 e. The van der Waals surface area contributed by atoms with Gasteiger partial charge in [0.2, 0.25) is 17.7 Å². The molecule has 4 rings (SSSR count). The van der Waals surface area contributed by atoms with Crippen LogP contribution in [0.4, 0.5) is 0 Å². The first kappa shape index (κ1) is 14.9. The number of imide groups is 1. The first-order valence-corrected chi connectivity index (χ1v) is 8.77. The molecule has 2 aliphatic carbocycles. The van der Waals surface area contributed by atoms with Gasteiger partial charge in [0.15, 0.2) is 0 Å². The standard InChI is InChI=1S/C18H24N2O3/c1-10-5-11(2)8-19(7-10)14(21)9-20-17(22)15-12-3-4-13(6-12)16(15)18(20)23/h3-4,10-13,15-16H,5-9H2,1-2H3/t10-,11-,12-,13+,15-,16+/m0/s1. The molecule has 2 bridgehead atoms. The zero-order valence-corrected chi connectivity index (χ0v) is 13.8. The number of likely N-dealkylation sites (tertiary alicyclic amines) is 2. The fraction of sp³-hybridized carbons (Fsp3) is 0.722. The Hall–Kier alpha value is -1.65. The summed E-state index contributed by atoms with van der Waals surface area (Å²) in [5, 5.41) is 0. The van der Waals surface area contributed by atoms with E-state index in [0.717, 1.165) is 25.9 Å². The number of carbonyl (C=O) groups is 3. The highest BCUT2D eigenvalue weighted by Crippen LogP contribution is 2.52. The molecule has 0 unspecified atom stereocenters. The number of rotatable bonds is 2. The molecule has 0 aromatic heterocycles. The van der Waals surface area contributed by atoms with Gasteiger partial charge in [0.1, 0.15) is 6.54 Å². The SMILES string of the molecule is C[C@H]1C[C@H](C)CN(C(=O)CN2C(=O)[C@@H]3[C@H](C2=O)[C@@H]2C=C[C@H]3C2)C1. The quantitative estimate of drug-likeness (QED) is 0.570. The molecule has 2 saturated heterocycles. The molecule has 4 aliphatic rings. The van der Waals surface area contributed by atoms with Crippen molar-refractivity contribution in [2.24, 2.45) is 35.5 Å². The third kappa shape index (κ3) is 2.24. The number of amides is 3. The van der Waals surface area contributed by atoms with Crippen molar-refractivity contribution >= 4 is 17.7 Å². The zero-order valence-electron chi connectivity index (χ0n) is 13.8. The van der Waals surface area contributed by atoms with Gasteiger partial charge in [-0.2, -0.15) is 0 Å². The van der Waals surface area contributed by atoms with Crippen molar-refractivity contribution in [3.05, 3.63) is 12.2 Å². The Labute approximate surface area is 136 Å². The molecule has 5 nitrogen and oxygen atoms in total. The number of nitrogens with zero attached hydrogens (tertiary/aromatic N) is 2. The van der Waals surface area contributed by atoms with Crippen LogP contribution in [0.2, 0.25) is 0 Å². The molecule has 1 saturated carbocycles. The lowest BCUT2D eigenvalue weighted by Gasteiger charge is -2.35. The molecule has 124 valence electrons. The third-order valence-electron chi connectivity index (χ3n) is 6.08. The average molecular weight is 316 g/mol. The third-order valence-corrected chi connectivity index (χ3v) is 6.08. The van der Waals surface area contributed by atoms with Crippen LogP contribution in [0, 0.1) is 35.5 Å². The Morgan fingerprint density at radius 3 is 2.04 bits per heavy atom. The van der Waals surface area contributed by atoms with E-state index in [1.807, 2.05) is 4.90 Å². The van der Waals surface area contributed by atoms with Gasteiger partial charge in [-0.1, -0.05) is 26.0 Å². The summed E-state index contributed by atoms with van der Waals surface area (Å²) in [5.41, 5.74) is 0. The predicted octanol–water partition coefficient (Wildman–Crippen LogP) is 1.30. The summed E-state index contributed by atoms with van der Waals surface area (Å²) < 4.78 is 0. The monoisotopic (exact) mass is 316 g/mol. The van der Waals surface area contributed by atoms with Crippen LogP contribution in [-0.2, 0) is 14.4 Å². The maximum atomic E-state index is 12.6. The average Bonchev–Trinajstić information content (AvgIpc) is 3.16. The molecule has 0 N–H and O–H groups in total. The molecule has 23 heavy (non-hydrogen) atoms. The molecule has 3 fully saturated rings. The van der Waals surface area contributed by atoms with Gasteiger partial charge >= 0.3 is 0 Å². The summed E-state index contributed by atoms with van der Waals surface area (Å²) in [6.07, 6.45) is 6.22. The van der Waals surface area contributed by atoms with Crippen molar-refractivity contribution in [3.63, 3.8) is 0 Å². The molecule has 0 aromatic rings. The number of hydrogen-bond acceptors (Lipinski definition) is 3. The topological polar surface area (TPSA) is 57.7 Å². The summed E-state index contributed by atoms with van der Waals surface area (Å²) in [4.78, 5) is 40.9. The van der Waals surface area contributed by atoms with Gasteiger partial charge in [-0.3, -0.25) is 19.3 Å². The van der Waals surface area contributed by atoms with Gasteiger partial charge in [-0.05, 0) is 36.5 Å². The minimum atomic E-state index is -0.204. The van der Waals surface area contributed by atoms with Crippen LogP contribution < -0.4 is 0 Å². The van der Waals surface area contributed by atoms with E-state index < -0.39 is 0 Å². The second-order valence-corrected chi connectivity index (χ2v) is 8.01. The number of piperidine rings is 1. The van der Waals surface area contributed by atoms with Crippen molar-refractivity contribution in [1.82, 2.24) is 9.80 Å². The van der Waals surface area contributed by atoms with Crippen LogP contribution >= 0.6 is 0 Å². The number of fused-ring (bicyclic) bond motifs is 5. The van der Waals surface area contributed by atoms with Crippen molar-refractivity contribution in [2.45, 2.75) is 26.7 Å². The van der Waals surface area contributed by atoms with Crippen molar-refractivity contribution in [3.8, 4) is 0 Å². The summed E-state index contributed by atoms with van der Waals surface area (Å²) in [5.74, 6) is 0.637. The maximum absolute atomic E-state index is 12.6. The Morgan fingerprint density at radius 2 is 1.52 bits per heavy atom. The van der Waals surface area contributed by atoms with Crippen LogP contribution in [0.3, 0.4) is 0 Å². The second kappa shape index (κ2) is 5.18. The van der Waals surface area contributed by atoms with E-state index >= 15 is 0 Å². The van der Waals surface area contributed by atoms with Crippen molar-refractivity contribution in [1.29, 1.82) is 0 Å². The van der Waals surface area contributed by atoms with Crippen LogP contribution in [0.1, 0.15) is 26.7 Å². The number of hydrogen-bond donors (Lipinski definition) is 0. The lowest BCUT2D eigenvalue weighted by molar-refractivity contribution is -0.148. The predicted molar refractivity (Wildman–Crippen MR) is 84.0 cm³/mol. The van der Waals surface area contributed by atoms with E-state index in [4.69, 9.17) is 0 Å². The van der Waals surface area contributed by atoms with Gasteiger partial charge in [0, 0.05) is 13.1 Å². The Bertz CT molecular complexity index is 559. The maximum Gasteiger partial charge on any atom is 0.242 e. The van der Waals surface area contributed by atoms with Gasteiger partial charge < -0.3 is 4.90 Å². The Balaban J connectivity index is 1.46. The van der Waals surface area contributed by atoms with E-state index in [1.165, 1.54) is 4.90 Å². The van der Waals surface area contributed by atoms with Gasteiger partial charge in [-0.15, -0.1) is 0 Å². The molecule has 2 aliphatic heterocycles. The first-order valence-electron chi connectivity index (χ1n) is 8.77. The lowest BCUT2D eigenvalue weighted by atomic mass is 9.85. The minimum Gasteiger partial charge on any atom is -0.341 e. The highest BCUT2D eigenvalue weighted by Gasteiger charge is 2.59. The zero-order chi connectivity index (χ0) is 16.3. The number of allylic oxidation sites excluding steroid dienone is 2. The first-order chi connectivity index (χ1) is 11.0. The molecule has 5 heteroatoms. The second-order valence-electron chi connectivity index (χ2n) is 8.01. The van der Waals surface area contributed by atoms with E-state index in [1.54, 1.807) is 0 Å². The minimum absolute atomic E-state index is 0.0659. The molecule has 2 heterocycles. The Kier molecular flexibility index (Phi) is 3.36. The summed E-state index contributed by atoms with van der Waals surface area (Å²) >= 11 is 0. The molecule has 6 atom stereocenters. The van der Waals surface area contributed by atoms with E-state index in [0.29, 0.717) is 11.8 Å². The Morgan fingerprint density at radius 1 is 1.00 bits per heavy atom. The highest BCUT2D eigenvalue weighted by atomic mass is 16.2. The lowest BCUT2D eigenvalue weighted by Crippen LogP contribution is -2.48. The van der Waals surface area contributed by atoms with Crippen molar-refractivity contribution in [2.75, 3.05) is 19.6 Å². The van der Waals surface area contributed by atoms with E-state index in [9.17, 15) is 14.4 Å². The largest absolute Gasteiger partial charge is 0.341 e. The fourth-order valence-electron chi connectivity index (χ4n) is 5.22. The molecule has 0 radical (unpaired) electrons. The summed E-state index contributed by atoms with van der Waals surface area (Å²) in [7, 11) is 0. The molecule has 3 amide bonds. The van der Waals surface area contributed by atoms with Crippen LogP contribution in [-0.4, -0.2) is 47.2 Å². The highest BCUT2D eigenvalue weighted by molar-refractivity contribution is 6.08.